The van der Waals surface area contributed by atoms with Crippen LogP contribution in [0.3, 0.4) is 0 Å². The number of carbonyl (C=O) groups excluding carboxylic acids is 2. The van der Waals surface area contributed by atoms with Crippen molar-refractivity contribution in [2.45, 2.75) is 38.9 Å². The van der Waals surface area contributed by atoms with Gasteiger partial charge in [-0.3, -0.25) is 9.59 Å². The Labute approximate surface area is 112 Å². The third-order valence-electron chi connectivity index (χ3n) is 6.18. The molecule has 0 aromatic carbocycles. The highest BCUT2D eigenvalue weighted by Crippen LogP contribution is 2.65. The zero-order chi connectivity index (χ0) is 13.6. The molecular weight excluding hydrogens is 244 g/mol. The first-order valence-electron chi connectivity index (χ1n) is 6.98. The average Bonchev–Trinajstić information content (AvgIpc) is 3.05. The van der Waals surface area contributed by atoms with Gasteiger partial charge in [0.15, 0.2) is 11.2 Å². The molecule has 2 heterocycles. The van der Waals surface area contributed by atoms with E-state index in [-0.39, 0.29) is 36.3 Å². The number of ether oxygens (including phenoxy) is 2. The third kappa shape index (κ3) is 1.07. The van der Waals surface area contributed by atoms with Crippen LogP contribution in [-0.4, -0.2) is 30.6 Å². The molecule has 2 saturated carbocycles. The van der Waals surface area contributed by atoms with E-state index in [2.05, 4.69) is 13.5 Å². The molecule has 4 fully saturated rings. The Morgan fingerprint density at radius 1 is 1.37 bits per heavy atom. The molecule has 2 saturated heterocycles. The van der Waals surface area contributed by atoms with Crippen LogP contribution in [0.15, 0.2) is 12.2 Å². The summed E-state index contributed by atoms with van der Waals surface area (Å²) in [5.74, 6) is 0.0318. The van der Waals surface area contributed by atoms with Crippen LogP contribution in [0.1, 0.15) is 26.7 Å². The van der Waals surface area contributed by atoms with Crippen LogP contribution >= 0.6 is 0 Å². The van der Waals surface area contributed by atoms with Crippen molar-refractivity contribution in [1.82, 2.24) is 0 Å². The second kappa shape index (κ2) is 3.11. The van der Waals surface area contributed by atoms with E-state index >= 15 is 0 Å². The molecule has 19 heavy (non-hydrogen) atoms. The highest BCUT2D eigenvalue weighted by atomic mass is 16.6. The molecule has 0 amide bonds. The molecule has 4 nitrogen and oxygen atoms in total. The van der Waals surface area contributed by atoms with Gasteiger partial charge in [0.25, 0.3) is 0 Å². The minimum absolute atomic E-state index is 0.0268. The number of carbonyl (C=O) groups is 2. The number of fused-ring (bicyclic) bond motifs is 2. The third-order valence-corrected chi connectivity index (χ3v) is 6.18. The topological polar surface area (TPSA) is 55.9 Å². The number of Topliss-reactive ketones (excluding diaryl/α,β-unsaturated/α-hetero) is 1. The van der Waals surface area contributed by atoms with Crippen molar-refractivity contribution in [1.29, 1.82) is 0 Å². The summed E-state index contributed by atoms with van der Waals surface area (Å²) in [6.45, 7) is 8.23. The van der Waals surface area contributed by atoms with Gasteiger partial charge < -0.3 is 9.47 Å². The van der Waals surface area contributed by atoms with Gasteiger partial charge in [-0.1, -0.05) is 20.4 Å². The van der Waals surface area contributed by atoms with E-state index < -0.39 is 10.8 Å². The van der Waals surface area contributed by atoms with E-state index in [9.17, 15) is 9.59 Å². The number of epoxide rings is 1. The molecule has 0 aromatic heterocycles. The van der Waals surface area contributed by atoms with Crippen molar-refractivity contribution in [3.63, 3.8) is 0 Å². The number of hydrogen-bond acceptors (Lipinski definition) is 4. The van der Waals surface area contributed by atoms with Gasteiger partial charge in [0.1, 0.15) is 6.61 Å². The molecule has 0 unspecified atom stereocenters. The highest BCUT2D eigenvalue weighted by molar-refractivity contribution is 6.12. The lowest BCUT2D eigenvalue weighted by molar-refractivity contribution is -0.151. The lowest BCUT2D eigenvalue weighted by atomic mass is 9.62. The summed E-state index contributed by atoms with van der Waals surface area (Å²) in [5.41, 5.74) is -0.867. The number of ketones is 1. The Morgan fingerprint density at radius 3 is 2.74 bits per heavy atom. The Kier molecular flexibility index (Phi) is 1.91. The smallest absolute Gasteiger partial charge is 0.324 e. The summed E-state index contributed by atoms with van der Waals surface area (Å²) >= 11 is 0. The van der Waals surface area contributed by atoms with Crippen molar-refractivity contribution in [2.75, 3.05) is 6.61 Å². The van der Waals surface area contributed by atoms with Gasteiger partial charge in [-0.15, -0.1) is 0 Å². The molecule has 1 spiro atoms. The Morgan fingerprint density at radius 2 is 2.11 bits per heavy atom. The van der Waals surface area contributed by atoms with Crippen LogP contribution in [0.5, 0.6) is 0 Å². The van der Waals surface area contributed by atoms with Crippen LogP contribution in [-0.2, 0) is 19.1 Å². The standard InChI is InChI=1S/C15H18O4/c1-7-6-18-13(17)15(7)5-9-4-10-11(19-10)8(2)14(9,3)12(15)16/h8-11H,1,4-6H2,2-3H3/t8-,9-,10-,11+,14-,15+/m1/s1. The zero-order valence-corrected chi connectivity index (χ0v) is 11.3. The van der Waals surface area contributed by atoms with E-state index in [4.69, 9.17) is 9.47 Å². The van der Waals surface area contributed by atoms with Crippen LogP contribution in [0, 0.1) is 22.7 Å². The maximum atomic E-state index is 13.1. The van der Waals surface area contributed by atoms with Gasteiger partial charge in [0, 0.05) is 5.41 Å². The largest absolute Gasteiger partial charge is 0.460 e. The second-order valence-electron chi connectivity index (χ2n) is 6.76. The summed E-state index contributed by atoms with van der Waals surface area (Å²) < 4.78 is 10.8. The Balaban J connectivity index is 1.83. The SMILES string of the molecule is C=C1COC(=O)[C@@]12C[C@H]1C[C@H]3O[C@H]3[C@@H](C)[C@@]1(C)C2=O. The van der Waals surface area contributed by atoms with Gasteiger partial charge in [-0.2, -0.15) is 0 Å². The van der Waals surface area contributed by atoms with Crippen LogP contribution in [0.4, 0.5) is 0 Å². The molecule has 0 bridgehead atoms. The van der Waals surface area contributed by atoms with Crippen molar-refractivity contribution >= 4 is 11.8 Å². The summed E-state index contributed by atoms with van der Waals surface area (Å²) in [6.07, 6.45) is 1.95. The molecule has 4 heteroatoms. The van der Waals surface area contributed by atoms with E-state index in [1.807, 2.05) is 6.92 Å². The van der Waals surface area contributed by atoms with Gasteiger partial charge in [-0.05, 0) is 30.3 Å². The lowest BCUT2D eigenvalue weighted by Gasteiger charge is -2.38. The van der Waals surface area contributed by atoms with E-state index in [0.29, 0.717) is 18.1 Å². The maximum absolute atomic E-state index is 13.1. The summed E-state index contributed by atoms with van der Waals surface area (Å²) in [4.78, 5) is 25.2. The Hall–Kier alpha value is -1.16. The van der Waals surface area contributed by atoms with Gasteiger partial charge >= 0.3 is 5.97 Å². The predicted molar refractivity (Wildman–Crippen MR) is 66.2 cm³/mol. The first-order valence-corrected chi connectivity index (χ1v) is 6.98. The fourth-order valence-corrected chi connectivity index (χ4v) is 4.66. The first kappa shape index (κ1) is 11.6. The molecule has 102 valence electrons. The maximum Gasteiger partial charge on any atom is 0.324 e. The fraction of sp³-hybridized carbons (Fsp3) is 0.733. The number of esters is 1. The average molecular weight is 262 g/mol. The number of cyclic esters (lactones) is 1. The van der Waals surface area contributed by atoms with E-state index in [0.717, 1.165) is 6.42 Å². The van der Waals surface area contributed by atoms with Crippen LogP contribution < -0.4 is 0 Å². The quantitative estimate of drug-likeness (QED) is 0.287. The molecule has 6 atom stereocenters. The van der Waals surface area contributed by atoms with Crippen LogP contribution in [0.2, 0.25) is 0 Å². The highest BCUT2D eigenvalue weighted by Gasteiger charge is 2.73. The van der Waals surface area contributed by atoms with Crippen molar-refractivity contribution in [2.24, 2.45) is 22.7 Å². The molecule has 0 N–H and O–H groups in total. The summed E-state index contributed by atoms with van der Waals surface area (Å²) in [6, 6.07) is 0. The van der Waals surface area contributed by atoms with E-state index in [1.165, 1.54) is 0 Å². The lowest BCUT2D eigenvalue weighted by Crippen LogP contribution is -2.46. The molecule has 0 radical (unpaired) electrons. The number of rotatable bonds is 0. The Bertz CT molecular complexity index is 506. The molecule has 2 aliphatic heterocycles. The summed E-state index contributed by atoms with van der Waals surface area (Å²) in [7, 11) is 0. The predicted octanol–water partition coefficient (Wildman–Crippen LogP) is 1.49. The molecular formula is C15H18O4. The summed E-state index contributed by atoms with van der Waals surface area (Å²) in [5, 5.41) is 0. The molecule has 4 rings (SSSR count). The first-order chi connectivity index (χ1) is 8.92. The number of hydrogen-bond donors (Lipinski definition) is 0. The van der Waals surface area contributed by atoms with Gasteiger partial charge in [0.05, 0.1) is 12.2 Å². The van der Waals surface area contributed by atoms with E-state index in [1.54, 1.807) is 0 Å². The normalized spacial score (nSPS) is 55.2. The second-order valence-corrected chi connectivity index (χ2v) is 6.76. The fourth-order valence-electron chi connectivity index (χ4n) is 4.66. The molecule has 2 aliphatic carbocycles. The minimum Gasteiger partial charge on any atom is -0.460 e. The van der Waals surface area contributed by atoms with Gasteiger partial charge in [-0.25, -0.2) is 0 Å². The monoisotopic (exact) mass is 262 g/mol. The zero-order valence-electron chi connectivity index (χ0n) is 11.3. The van der Waals surface area contributed by atoms with Crippen molar-refractivity contribution in [3.05, 3.63) is 12.2 Å². The molecule has 4 aliphatic rings. The van der Waals surface area contributed by atoms with Crippen molar-refractivity contribution in [3.8, 4) is 0 Å². The van der Waals surface area contributed by atoms with Crippen molar-refractivity contribution < 1.29 is 19.1 Å². The van der Waals surface area contributed by atoms with Crippen LogP contribution in [0.25, 0.3) is 0 Å². The molecule has 0 aromatic rings. The van der Waals surface area contributed by atoms with Gasteiger partial charge in [0.2, 0.25) is 0 Å². The minimum atomic E-state index is -1.05.